The Labute approximate surface area is 206 Å². The van der Waals surface area contributed by atoms with Crippen LogP contribution in [0.1, 0.15) is 24.2 Å². The number of benzene rings is 1. The van der Waals surface area contributed by atoms with Gasteiger partial charge in [-0.3, -0.25) is 4.31 Å². The van der Waals surface area contributed by atoms with E-state index in [0.717, 1.165) is 32.1 Å². The van der Waals surface area contributed by atoms with Crippen molar-refractivity contribution in [3.05, 3.63) is 46.2 Å². The van der Waals surface area contributed by atoms with Crippen molar-refractivity contribution in [2.24, 2.45) is 0 Å². The number of nitrogen functional groups attached to an aromatic ring is 1. The number of aryl methyl sites for hydroxylation is 1. The molecule has 0 atom stereocenters. The molecule has 1 aromatic carbocycles. The molecule has 4 rings (SSSR count). The summed E-state index contributed by atoms with van der Waals surface area (Å²) in [5, 5.41) is 3.15. The van der Waals surface area contributed by atoms with Crippen molar-refractivity contribution in [1.82, 2.24) is 23.8 Å². The van der Waals surface area contributed by atoms with Crippen molar-refractivity contribution in [3.8, 4) is 17.1 Å². The predicted octanol–water partition coefficient (Wildman–Crippen LogP) is 5.29. The van der Waals surface area contributed by atoms with Gasteiger partial charge in [-0.05, 0) is 54.1 Å². The van der Waals surface area contributed by atoms with E-state index >= 15 is 0 Å². The molecule has 0 radical (unpaired) electrons. The number of alkyl halides is 3. The first-order valence-corrected chi connectivity index (χ1v) is 12.4. The summed E-state index contributed by atoms with van der Waals surface area (Å²) < 4.78 is 59.8. The normalized spacial score (nSPS) is 15.6. The highest BCUT2D eigenvalue weighted by molar-refractivity contribution is 9.10. The SMILES string of the molecule is CSN1CCC(Nc2ncc(C(F)(F)F)c(-c3cn(-c4ccc(N)c(Br)c4F)c(C)n3)n2)CC1. The van der Waals surface area contributed by atoms with Crippen LogP contribution in [-0.2, 0) is 6.18 Å². The van der Waals surface area contributed by atoms with Gasteiger partial charge in [0.2, 0.25) is 5.95 Å². The summed E-state index contributed by atoms with van der Waals surface area (Å²) in [7, 11) is 0. The van der Waals surface area contributed by atoms with E-state index in [1.807, 2.05) is 6.26 Å². The molecule has 3 aromatic rings. The Morgan fingerprint density at radius 1 is 1.21 bits per heavy atom. The van der Waals surface area contributed by atoms with Crippen LogP contribution in [0.5, 0.6) is 0 Å². The Bertz CT molecular complexity index is 1190. The van der Waals surface area contributed by atoms with E-state index in [1.54, 1.807) is 18.9 Å². The second-order valence-electron chi connectivity index (χ2n) is 7.83. The van der Waals surface area contributed by atoms with Crippen LogP contribution in [0.4, 0.5) is 29.2 Å². The fourth-order valence-electron chi connectivity index (χ4n) is 3.79. The molecular weight excluding hydrogens is 538 g/mol. The van der Waals surface area contributed by atoms with Gasteiger partial charge in [0.25, 0.3) is 0 Å². The zero-order chi connectivity index (χ0) is 24.6. The van der Waals surface area contributed by atoms with E-state index in [2.05, 4.69) is 40.5 Å². The summed E-state index contributed by atoms with van der Waals surface area (Å²) >= 11 is 4.76. The van der Waals surface area contributed by atoms with Crippen molar-refractivity contribution in [2.75, 3.05) is 30.4 Å². The molecule has 34 heavy (non-hydrogen) atoms. The molecule has 0 bridgehead atoms. The van der Waals surface area contributed by atoms with E-state index in [1.165, 1.54) is 22.9 Å². The third-order valence-corrected chi connectivity index (χ3v) is 7.30. The molecule has 7 nitrogen and oxygen atoms in total. The lowest BCUT2D eigenvalue weighted by molar-refractivity contribution is -0.137. The summed E-state index contributed by atoms with van der Waals surface area (Å²) in [6.45, 7) is 3.29. The van der Waals surface area contributed by atoms with Gasteiger partial charge in [0.15, 0.2) is 5.82 Å². The Morgan fingerprint density at radius 3 is 2.56 bits per heavy atom. The number of anilines is 2. The van der Waals surface area contributed by atoms with Crippen LogP contribution in [0, 0.1) is 12.7 Å². The van der Waals surface area contributed by atoms with Gasteiger partial charge in [-0.15, -0.1) is 0 Å². The molecule has 1 aliphatic rings. The smallest absolute Gasteiger partial charge is 0.398 e. The molecule has 0 spiro atoms. The minimum atomic E-state index is -4.69. The Kier molecular flexibility index (Phi) is 7.06. The molecule has 1 aliphatic heterocycles. The largest absolute Gasteiger partial charge is 0.420 e. The highest BCUT2D eigenvalue weighted by atomic mass is 79.9. The zero-order valence-corrected chi connectivity index (χ0v) is 20.7. The van der Waals surface area contributed by atoms with Crippen LogP contribution in [-0.4, -0.2) is 49.2 Å². The van der Waals surface area contributed by atoms with Gasteiger partial charge in [-0.2, -0.15) is 13.2 Å². The van der Waals surface area contributed by atoms with Gasteiger partial charge in [0.1, 0.15) is 22.8 Å². The summed E-state index contributed by atoms with van der Waals surface area (Å²) in [6.07, 6.45) is 1.05. The van der Waals surface area contributed by atoms with Gasteiger partial charge in [-0.1, -0.05) is 11.9 Å². The van der Waals surface area contributed by atoms with Crippen LogP contribution in [0.25, 0.3) is 17.1 Å². The lowest BCUT2D eigenvalue weighted by Crippen LogP contribution is -2.35. The molecule has 0 saturated carbocycles. The minimum absolute atomic E-state index is 0.0418. The number of piperidine rings is 1. The lowest BCUT2D eigenvalue weighted by atomic mass is 10.1. The van der Waals surface area contributed by atoms with Crippen LogP contribution >= 0.6 is 27.9 Å². The van der Waals surface area contributed by atoms with Gasteiger partial charge < -0.3 is 15.6 Å². The first kappa shape index (κ1) is 24.7. The number of nitrogens with two attached hydrogens (primary N) is 1. The first-order valence-electron chi connectivity index (χ1n) is 10.4. The maximum absolute atomic E-state index is 14.8. The number of nitrogens with zero attached hydrogens (tertiary/aromatic N) is 5. The summed E-state index contributed by atoms with van der Waals surface area (Å²) in [5.74, 6) is -0.264. The topological polar surface area (TPSA) is 84.9 Å². The van der Waals surface area contributed by atoms with Crippen LogP contribution < -0.4 is 11.1 Å². The fourth-order valence-corrected chi connectivity index (χ4v) is 4.70. The zero-order valence-electron chi connectivity index (χ0n) is 18.3. The van der Waals surface area contributed by atoms with Crippen LogP contribution in [0.15, 0.2) is 29.0 Å². The Hall–Kier alpha value is -2.38. The number of halogens is 5. The highest BCUT2D eigenvalue weighted by Gasteiger charge is 2.36. The monoisotopic (exact) mass is 559 g/mol. The second-order valence-corrected chi connectivity index (χ2v) is 9.50. The molecule has 3 N–H and O–H groups in total. The van der Waals surface area contributed by atoms with E-state index in [9.17, 15) is 17.6 Å². The number of hydrogen-bond acceptors (Lipinski definition) is 7. The summed E-state index contributed by atoms with van der Waals surface area (Å²) in [5.41, 5.74) is 4.58. The van der Waals surface area contributed by atoms with E-state index < -0.39 is 17.6 Å². The molecular formula is C21H22BrF4N7S. The fraction of sp³-hybridized carbons (Fsp3) is 0.381. The molecule has 2 aromatic heterocycles. The van der Waals surface area contributed by atoms with E-state index in [0.29, 0.717) is 0 Å². The molecule has 0 aliphatic carbocycles. The van der Waals surface area contributed by atoms with Gasteiger partial charge >= 0.3 is 6.18 Å². The van der Waals surface area contributed by atoms with Gasteiger partial charge in [0, 0.05) is 37.2 Å². The maximum Gasteiger partial charge on any atom is 0.420 e. The third-order valence-electron chi connectivity index (χ3n) is 5.62. The quantitative estimate of drug-likeness (QED) is 0.249. The van der Waals surface area contributed by atoms with Gasteiger partial charge in [0.05, 0.1) is 10.2 Å². The molecule has 3 heterocycles. The maximum atomic E-state index is 14.8. The molecule has 1 fully saturated rings. The first-order chi connectivity index (χ1) is 16.1. The second kappa shape index (κ2) is 9.70. The highest BCUT2D eigenvalue weighted by Crippen LogP contribution is 2.37. The average Bonchev–Trinajstić information content (AvgIpc) is 3.18. The average molecular weight is 560 g/mol. The third kappa shape index (κ3) is 5.01. The van der Waals surface area contributed by atoms with E-state index in [-0.39, 0.29) is 45.0 Å². The minimum Gasteiger partial charge on any atom is -0.398 e. The molecule has 0 unspecified atom stereocenters. The standard InChI is InChI=1S/C21H22BrF4N7S/c1-11-29-15(10-33(11)16-4-3-14(27)17(22)18(16)23)19-13(21(24,25)26)9-28-20(31-19)30-12-5-7-32(34-2)8-6-12/h3-4,9-10,12H,5-8,27H2,1-2H3,(H,28,30,31). The number of nitrogens with one attached hydrogen (secondary N) is 1. The van der Waals surface area contributed by atoms with Crippen molar-refractivity contribution < 1.29 is 17.6 Å². The number of hydrogen-bond donors (Lipinski definition) is 2. The molecule has 182 valence electrons. The Morgan fingerprint density at radius 2 is 1.91 bits per heavy atom. The number of imidazole rings is 1. The van der Waals surface area contributed by atoms with Gasteiger partial charge in [-0.25, -0.2) is 19.3 Å². The molecule has 0 amide bonds. The predicted molar refractivity (Wildman–Crippen MR) is 128 cm³/mol. The summed E-state index contributed by atoms with van der Waals surface area (Å²) in [4.78, 5) is 12.4. The summed E-state index contributed by atoms with van der Waals surface area (Å²) in [6, 6.07) is 2.98. The van der Waals surface area contributed by atoms with Crippen LogP contribution in [0.2, 0.25) is 0 Å². The number of aromatic nitrogens is 4. The number of rotatable bonds is 5. The Balaban J connectivity index is 1.71. The lowest BCUT2D eigenvalue weighted by Gasteiger charge is -2.30. The van der Waals surface area contributed by atoms with E-state index in [4.69, 9.17) is 5.73 Å². The van der Waals surface area contributed by atoms with Crippen molar-refractivity contribution >= 4 is 39.5 Å². The molecule has 13 heteroatoms. The molecule has 1 saturated heterocycles. The van der Waals surface area contributed by atoms with Crippen LogP contribution in [0.3, 0.4) is 0 Å². The van der Waals surface area contributed by atoms with Crippen molar-refractivity contribution in [1.29, 1.82) is 0 Å². The van der Waals surface area contributed by atoms with Crippen molar-refractivity contribution in [2.45, 2.75) is 32.0 Å². The van der Waals surface area contributed by atoms with Crippen molar-refractivity contribution in [3.63, 3.8) is 0 Å².